The predicted octanol–water partition coefficient (Wildman–Crippen LogP) is 2.50. The molecule has 72 valence electrons. The molecule has 1 rings (SSSR count). The van der Waals surface area contributed by atoms with E-state index in [9.17, 15) is 0 Å². The van der Waals surface area contributed by atoms with E-state index in [2.05, 4.69) is 23.7 Å². The van der Waals surface area contributed by atoms with Gasteiger partial charge in [0.2, 0.25) is 0 Å². The van der Waals surface area contributed by atoms with Gasteiger partial charge in [0.1, 0.15) is 5.82 Å². The molecule has 0 radical (unpaired) electrons. The van der Waals surface area contributed by atoms with Gasteiger partial charge in [0.05, 0.1) is 0 Å². The Morgan fingerprint density at radius 2 is 2.15 bits per heavy atom. The fourth-order valence-corrected chi connectivity index (χ4v) is 1.44. The Balaban J connectivity index is 3.18. The van der Waals surface area contributed by atoms with Crippen molar-refractivity contribution in [3.8, 4) is 0 Å². The molecule has 3 nitrogen and oxygen atoms in total. The lowest BCUT2D eigenvalue weighted by atomic mass is 10.2. The Bertz CT molecular complexity index is 310. The second kappa shape index (κ2) is 3.64. The minimum absolute atomic E-state index is 0.426. The van der Waals surface area contributed by atoms with Crippen molar-refractivity contribution in [1.82, 2.24) is 4.57 Å². The third-order valence-corrected chi connectivity index (χ3v) is 2.11. The van der Waals surface area contributed by atoms with Gasteiger partial charge in [0, 0.05) is 30.6 Å². The molecule has 0 bridgehead atoms. The summed E-state index contributed by atoms with van der Waals surface area (Å²) in [4.78, 5) is 0. The zero-order valence-electron chi connectivity index (χ0n) is 8.68. The topological polar surface area (TPSA) is 40.8 Å². The fraction of sp³-hybridized carbons (Fsp3) is 0.500. The monoisotopic (exact) mass is 179 g/mol. The minimum Gasteiger partial charge on any atom is -0.374 e. The molecule has 1 aromatic heterocycles. The zero-order chi connectivity index (χ0) is 10.0. The zero-order valence-corrected chi connectivity index (χ0v) is 8.68. The normalized spacial score (nSPS) is 10.5. The number of hydrogen-bond acceptors (Lipinski definition) is 2. The largest absolute Gasteiger partial charge is 0.374 e. The number of hydrogen-bond donors (Lipinski definition) is 2. The van der Waals surface area contributed by atoms with Crippen molar-refractivity contribution in [2.45, 2.75) is 26.8 Å². The molecule has 0 saturated carbocycles. The third kappa shape index (κ3) is 1.74. The second-order valence-corrected chi connectivity index (χ2v) is 3.45. The first kappa shape index (κ1) is 9.84. The summed E-state index contributed by atoms with van der Waals surface area (Å²) in [7, 11) is 1.89. The number of nitrogens with one attached hydrogen (secondary N) is 2. The van der Waals surface area contributed by atoms with Crippen LogP contribution in [0.5, 0.6) is 0 Å². The van der Waals surface area contributed by atoms with Crippen LogP contribution < -0.4 is 5.32 Å². The summed E-state index contributed by atoms with van der Waals surface area (Å²) < 4.78 is 2.13. The molecule has 3 heteroatoms. The van der Waals surface area contributed by atoms with E-state index >= 15 is 0 Å². The maximum atomic E-state index is 7.58. The summed E-state index contributed by atoms with van der Waals surface area (Å²) in [5.74, 6) is 1.03. The predicted molar refractivity (Wildman–Crippen MR) is 56.9 cm³/mol. The first-order chi connectivity index (χ1) is 6.07. The molecular weight excluding hydrogens is 162 g/mol. The van der Waals surface area contributed by atoms with Crippen molar-refractivity contribution < 1.29 is 0 Å². The van der Waals surface area contributed by atoms with Crippen LogP contribution in [0.3, 0.4) is 0 Å². The summed E-state index contributed by atoms with van der Waals surface area (Å²) in [5, 5.41) is 10.7. The third-order valence-electron chi connectivity index (χ3n) is 2.11. The molecule has 0 amide bonds. The van der Waals surface area contributed by atoms with Crippen molar-refractivity contribution >= 4 is 11.5 Å². The molecule has 0 aliphatic rings. The van der Waals surface area contributed by atoms with E-state index in [4.69, 9.17) is 5.41 Å². The van der Waals surface area contributed by atoms with Crippen LogP contribution in [0.1, 0.15) is 32.4 Å². The molecule has 0 aliphatic heterocycles. The molecule has 0 atom stereocenters. The highest BCUT2D eigenvalue weighted by Gasteiger charge is 2.10. The number of rotatable bonds is 3. The standard InChI is InChI=1S/C10H17N3/c1-7(2)13-6-5-9(8(3)11)10(13)12-4/h5-7,11-12H,1-4H3. The second-order valence-electron chi connectivity index (χ2n) is 3.45. The lowest BCUT2D eigenvalue weighted by molar-refractivity contribution is 0.610. The SMILES string of the molecule is CNc1c(C(C)=N)ccn1C(C)C. The molecule has 13 heavy (non-hydrogen) atoms. The van der Waals surface area contributed by atoms with Crippen LogP contribution in [-0.4, -0.2) is 17.3 Å². The lowest BCUT2D eigenvalue weighted by Gasteiger charge is -2.13. The van der Waals surface area contributed by atoms with Crippen LogP contribution in [0.2, 0.25) is 0 Å². The van der Waals surface area contributed by atoms with Crippen molar-refractivity contribution in [2.75, 3.05) is 12.4 Å². The van der Waals surface area contributed by atoms with Crippen LogP contribution in [0, 0.1) is 5.41 Å². The molecule has 0 unspecified atom stereocenters. The van der Waals surface area contributed by atoms with Crippen LogP contribution >= 0.6 is 0 Å². The van der Waals surface area contributed by atoms with E-state index in [0.29, 0.717) is 11.8 Å². The molecule has 0 aromatic carbocycles. The maximum Gasteiger partial charge on any atom is 0.115 e. The van der Waals surface area contributed by atoms with Crippen LogP contribution in [0.4, 0.5) is 5.82 Å². The van der Waals surface area contributed by atoms with E-state index in [1.54, 1.807) is 6.92 Å². The Labute approximate surface area is 79.3 Å². The van der Waals surface area contributed by atoms with Crippen LogP contribution in [-0.2, 0) is 0 Å². The molecule has 1 heterocycles. The van der Waals surface area contributed by atoms with Gasteiger partial charge in [-0.15, -0.1) is 0 Å². The van der Waals surface area contributed by atoms with Gasteiger partial charge in [-0.2, -0.15) is 0 Å². The quantitative estimate of drug-likeness (QED) is 0.688. The molecular formula is C10H17N3. The molecule has 0 fully saturated rings. The molecule has 2 N–H and O–H groups in total. The number of aromatic nitrogens is 1. The van der Waals surface area contributed by atoms with Gasteiger partial charge in [0.25, 0.3) is 0 Å². The van der Waals surface area contributed by atoms with Crippen LogP contribution in [0.25, 0.3) is 0 Å². The summed E-state index contributed by atoms with van der Waals surface area (Å²) in [5.41, 5.74) is 1.58. The highest BCUT2D eigenvalue weighted by molar-refractivity contribution is 6.00. The summed E-state index contributed by atoms with van der Waals surface area (Å²) in [6.45, 7) is 6.06. The molecule has 0 spiro atoms. The molecule has 0 saturated heterocycles. The van der Waals surface area contributed by atoms with Crippen LogP contribution in [0.15, 0.2) is 12.3 Å². The van der Waals surface area contributed by atoms with E-state index in [1.807, 2.05) is 19.3 Å². The minimum atomic E-state index is 0.426. The van der Waals surface area contributed by atoms with Crippen molar-refractivity contribution in [3.05, 3.63) is 17.8 Å². The first-order valence-corrected chi connectivity index (χ1v) is 4.52. The summed E-state index contributed by atoms with van der Waals surface area (Å²) in [6.07, 6.45) is 2.02. The first-order valence-electron chi connectivity index (χ1n) is 4.52. The Morgan fingerprint density at radius 1 is 1.54 bits per heavy atom. The van der Waals surface area contributed by atoms with E-state index < -0.39 is 0 Å². The van der Waals surface area contributed by atoms with Gasteiger partial charge in [-0.05, 0) is 26.8 Å². The van der Waals surface area contributed by atoms with Crippen molar-refractivity contribution in [2.24, 2.45) is 0 Å². The average molecular weight is 179 g/mol. The number of anilines is 1. The van der Waals surface area contributed by atoms with E-state index in [1.165, 1.54) is 0 Å². The number of nitrogens with zero attached hydrogens (tertiary/aromatic N) is 1. The van der Waals surface area contributed by atoms with Crippen molar-refractivity contribution in [1.29, 1.82) is 5.41 Å². The van der Waals surface area contributed by atoms with Crippen molar-refractivity contribution in [3.63, 3.8) is 0 Å². The van der Waals surface area contributed by atoms with E-state index in [0.717, 1.165) is 11.4 Å². The summed E-state index contributed by atoms with van der Waals surface area (Å²) in [6, 6.07) is 2.41. The smallest absolute Gasteiger partial charge is 0.115 e. The van der Waals surface area contributed by atoms with Gasteiger partial charge in [0.15, 0.2) is 0 Å². The van der Waals surface area contributed by atoms with Gasteiger partial charge in [-0.1, -0.05) is 0 Å². The Morgan fingerprint density at radius 3 is 2.54 bits per heavy atom. The Hall–Kier alpha value is -1.25. The van der Waals surface area contributed by atoms with E-state index in [-0.39, 0.29) is 0 Å². The molecule has 0 aliphatic carbocycles. The average Bonchev–Trinajstić information content (AvgIpc) is 2.46. The van der Waals surface area contributed by atoms with Gasteiger partial charge in [-0.3, -0.25) is 0 Å². The highest BCUT2D eigenvalue weighted by Crippen LogP contribution is 2.21. The highest BCUT2D eigenvalue weighted by atomic mass is 15.1. The molecule has 1 aromatic rings. The fourth-order valence-electron chi connectivity index (χ4n) is 1.44. The summed E-state index contributed by atoms with van der Waals surface area (Å²) >= 11 is 0. The Kier molecular flexibility index (Phi) is 2.76. The maximum absolute atomic E-state index is 7.58. The van der Waals surface area contributed by atoms with Gasteiger partial charge >= 0.3 is 0 Å². The lowest BCUT2D eigenvalue weighted by Crippen LogP contribution is -2.06. The van der Waals surface area contributed by atoms with Gasteiger partial charge < -0.3 is 15.3 Å². The van der Waals surface area contributed by atoms with Gasteiger partial charge in [-0.25, -0.2) is 0 Å².